The van der Waals surface area contributed by atoms with E-state index in [1.54, 1.807) is 24.7 Å². The molecular weight excluding hydrogens is 262 g/mol. The van der Waals surface area contributed by atoms with E-state index in [0.29, 0.717) is 23.5 Å². The largest absolute Gasteiger partial charge is 0.382 e. The van der Waals surface area contributed by atoms with Crippen molar-refractivity contribution >= 4 is 23.3 Å². The molecule has 3 heterocycles. The molecule has 2 N–H and O–H groups in total. The molecule has 2 aromatic heterocycles. The van der Waals surface area contributed by atoms with Gasteiger partial charge in [-0.1, -0.05) is 0 Å². The standard InChI is InChI=1S/C12H15N5O3/c1-12(2)19-7(8(4-18)20-12)3-17-6-16-9-10(13)14-5-15-11(9)17/h4-8H,3H2,1-2H3,(H2,13,14,15)/t7-,8+/m0/s1. The van der Waals surface area contributed by atoms with Gasteiger partial charge in [-0.2, -0.15) is 0 Å². The molecule has 8 heteroatoms. The van der Waals surface area contributed by atoms with Crippen molar-refractivity contribution in [1.29, 1.82) is 0 Å². The number of imidazole rings is 1. The number of hydrogen-bond acceptors (Lipinski definition) is 7. The highest BCUT2D eigenvalue weighted by molar-refractivity contribution is 5.81. The van der Waals surface area contributed by atoms with Gasteiger partial charge in [-0.3, -0.25) is 0 Å². The van der Waals surface area contributed by atoms with E-state index in [0.717, 1.165) is 6.29 Å². The van der Waals surface area contributed by atoms with E-state index in [1.165, 1.54) is 6.33 Å². The van der Waals surface area contributed by atoms with Crippen LogP contribution in [-0.4, -0.2) is 43.8 Å². The van der Waals surface area contributed by atoms with Crippen LogP contribution in [0.15, 0.2) is 12.7 Å². The highest BCUT2D eigenvalue weighted by Crippen LogP contribution is 2.28. The van der Waals surface area contributed by atoms with Gasteiger partial charge >= 0.3 is 0 Å². The van der Waals surface area contributed by atoms with Crippen LogP contribution in [0.2, 0.25) is 0 Å². The van der Waals surface area contributed by atoms with Crippen LogP contribution in [0.4, 0.5) is 5.82 Å². The first-order valence-electron chi connectivity index (χ1n) is 6.22. The molecule has 106 valence electrons. The average molecular weight is 277 g/mol. The Bertz CT molecular complexity index is 654. The fourth-order valence-corrected chi connectivity index (χ4v) is 2.35. The maximum Gasteiger partial charge on any atom is 0.165 e. The molecule has 0 aromatic carbocycles. The van der Waals surface area contributed by atoms with Gasteiger partial charge in [0, 0.05) is 0 Å². The summed E-state index contributed by atoms with van der Waals surface area (Å²) in [7, 11) is 0. The van der Waals surface area contributed by atoms with E-state index in [-0.39, 0.29) is 0 Å². The Balaban J connectivity index is 1.90. The normalized spacial score (nSPS) is 25.1. The summed E-state index contributed by atoms with van der Waals surface area (Å²) in [4.78, 5) is 23.3. The van der Waals surface area contributed by atoms with Gasteiger partial charge in [-0.25, -0.2) is 15.0 Å². The highest BCUT2D eigenvalue weighted by atomic mass is 16.8. The van der Waals surface area contributed by atoms with Crippen LogP contribution in [0.3, 0.4) is 0 Å². The lowest BCUT2D eigenvalue weighted by atomic mass is 10.2. The summed E-state index contributed by atoms with van der Waals surface area (Å²) in [5.74, 6) is -0.453. The number of carbonyl (C=O) groups excluding carboxylic acids is 1. The van der Waals surface area contributed by atoms with Gasteiger partial charge in [0.2, 0.25) is 0 Å². The Morgan fingerprint density at radius 1 is 1.40 bits per heavy atom. The zero-order valence-electron chi connectivity index (χ0n) is 11.2. The fraction of sp³-hybridized carbons (Fsp3) is 0.500. The third-order valence-corrected chi connectivity index (χ3v) is 3.16. The van der Waals surface area contributed by atoms with Crippen LogP contribution < -0.4 is 5.73 Å². The van der Waals surface area contributed by atoms with Crippen molar-refractivity contribution in [2.45, 2.75) is 38.4 Å². The van der Waals surface area contributed by atoms with Gasteiger partial charge in [-0.15, -0.1) is 0 Å². The van der Waals surface area contributed by atoms with Crippen molar-refractivity contribution in [3.05, 3.63) is 12.7 Å². The van der Waals surface area contributed by atoms with Crippen LogP contribution in [0, 0.1) is 0 Å². The van der Waals surface area contributed by atoms with Gasteiger partial charge in [-0.05, 0) is 13.8 Å². The number of ether oxygens (including phenoxy) is 2. The van der Waals surface area contributed by atoms with Crippen LogP contribution in [0.25, 0.3) is 11.2 Å². The summed E-state index contributed by atoms with van der Waals surface area (Å²) >= 11 is 0. The maximum atomic E-state index is 11.1. The number of rotatable bonds is 3. The number of nitrogens with two attached hydrogens (primary N) is 1. The van der Waals surface area contributed by atoms with Crippen LogP contribution >= 0.6 is 0 Å². The van der Waals surface area contributed by atoms with E-state index >= 15 is 0 Å². The minimum Gasteiger partial charge on any atom is -0.382 e. The molecule has 0 aliphatic carbocycles. The molecule has 1 aliphatic rings. The summed E-state index contributed by atoms with van der Waals surface area (Å²) in [6.45, 7) is 3.95. The van der Waals surface area contributed by atoms with Crippen molar-refractivity contribution < 1.29 is 14.3 Å². The molecule has 8 nitrogen and oxygen atoms in total. The van der Waals surface area contributed by atoms with Gasteiger partial charge in [0.25, 0.3) is 0 Å². The summed E-state index contributed by atoms with van der Waals surface area (Å²) in [6.07, 6.45) is 2.73. The number of nitrogen functional groups attached to an aromatic ring is 1. The van der Waals surface area contributed by atoms with Crippen LogP contribution in [0.1, 0.15) is 13.8 Å². The molecule has 0 amide bonds. The van der Waals surface area contributed by atoms with Crippen molar-refractivity contribution in [3.63, 3.8) is 0 Å². The Labute approximate surface area is 114 Å². The monoisotopic (exact) mass is 277 g/mol. The average Bonchev–Trinajstić information content (AvgIpc) is 2.92. The minimum absolute atomic E-state index is 0.324. The number of carbonyl (C=O) groups is 1. The van der Waals surface area contributed by atoms with Crippen molar-refractivity contribution in [2.24, 2.45) is 0 Å². The summed E-state index contributed by atoms with van der Waals surface area (Å²) < 4.78 is 13.0. The number of hydrogen-bond donors (Lipinski definition) is 1. The summed E-state index contributed by atoms with van der Waals surface area (Å²) in [5, 5.41) is 0. The Morgan fingerprint density at radius 2 is 2.20 bits per heavy atom. The first-order valence-corrected chi connectivity index (χ1v) is 6.22. The zero-order chi connectivity index (χ0) is 14.3. The smallest absolute Gasteiger partial charge is 0.165 e. The van der Waals surface area contributed by atoms with Crippen LogP contribution in [0.5, 0.6) is 0 Å². The second-order valence-electron chi connectivity index (χ2n) is 5.10. The Hall–Kier alpha value is -2.06. The molecule has 3 rings (SSSR count). The van der Waals surface area contributed by atoms with Gasteiger partial charge in [0.1, 0.15) is 24.1 Å². The Morgan fingerprint density at radius 3 is 2.95 bits per heavy atom. The molecule has 1 fully saturated rings. The van der Waals surface area contributed by atoms with Crippen molar-refractivity contribution in [2.75, 3.05) is 5.73 Å². The molecule has 0 saturated carbocycles. The van der Waals surface area contributed by atoms with Crippen molar-refractivity contribution in [1.82, 2.24) is 19.5 Å². The summed E-state index contributed by atoms with van der Waals surface area (Å²) in [6, 6.07) is 0. The molecular formula is C12H15N5O3. The minimum atomic E-state index is -0.777. The first kappa shape index (κ1) is 12.9. The SMILES string of the molecule is CC1(C)O[C@@H](Cn2cnc3c(N)ncnc32)[C@@H](C=O)O1. The fourth-order valence-electron chi connectivity index (χ4n) is 2.35. The van der Waals surface area contributed by atoms with E-state index < -0.39 is 18.0 Å². The third-order valence-electron chi connectivity index (χ3n) is 3.16. The molecule has 1 saturated heterocycles. The van der Waals surface area contributed by atoms with Crippen LogP contribution in [-0.2, 0) is 20.8 Å². The molecule has 0 spiro atoms. The molecule has 2 atom stereocenters. The topological polar surface area (TPSA) is 105 Å². The van der Waals surface area contributed by atoms with E-state index in [1.807, 2.05) is 0 Å². The molecule has 1 aliphatic heterocycles. The predicted octanol–water partition coefficient (Wildman–Crippen LogP) is 0.127. The second-order valence-corrected chi connectivity index (χ2v) is 5.10. The lowest BCUT2D eigenvalue weighted by molar-refractivity contribution is -0.150. The number of nitrogens with zero attached hydrogens (tertiary/aromatic N) is 4. The van der Waals surface area contributed by atoms with Gasteiger partial charge < -0.3 is 24.6 Å². The lowest BCUT2D eigenvalue weighted by Crippen LogP contribution is -2.28. The lowest BCUT2D eigenvalue weighted by Gasteiger charge is -2.17. The molecule has 0 unspecified atom stereocenters. The van der Waals surface area contributed by atoms with E-state index in [9.17, 15) is 4.79 Å². The van der Waals surface area contributed by atoms with E-state index in [4.69, 9.17) is 15.2 Å². The van der Waals surface area contributed by atoms with Gasteiger partial charge in [0.05, 0.1) is 12.9 Å². The van der Waals surface area contributed by atoms with Crippen molar-refractivity contribution in [3.8, 4) is 0 Å². The number of aromatic nitrogens is 4. The molecule has 0 radical (unpaired) electrons. The molecule has 0 bridgehead atoms. The Kier molecular flexibility index (Phi) is 2.91. The third kappa shape index (κ3) is 2.12. The number of anilines is 1. The maximum absolute atomic E-state index is 11.1. The second kappa shape index (κ2) is 4.50. The van der Waals surface area contributed by atoms with Gasteiger partial charge in [0.15, 0.2) is 23.5 Å². The highest BCUT2D eigenvalue weighted by Gasteiger charge is 2.41. The molecule has 20 heavy (non-hydrogen) atoms. The molecule has 2 aromatic rings. The number of fused-ring (bicyclic) bond motifs is 1. The van der Waals surface area contributed by atoms with E-state index in [2.05, 4.69) is 15.0 Å². The summed E-state index contributed by atoms with van der Waals surface area (Å²) in [5.41, 5.74) is 6.88. The predicted molar refractivity (Wildman–Crippen MR) is 69.6 cm³/mol. The zero-order valence-corrected chi connectivity index (χ0v) is 11.2. The number of aldehydes is 1. The quantitative estimate of drug-likeness (QED) is 0.795. The first-order chi connectivity index (χ1) is 9.50.